The Morgan fingerprint density at radius 3 is 2.85 bits per heavy atom. The third-order valence-electron chi connectivity index (χ3n) is 2.81. The van der Waals surface area contributed by atoms with E-state index in [1.165, 1.54) is 6.07 Å². The van der Waals surface area contributed by atoms with E-state index in [1.54, 1.807) is 19.3 Å². The molecule has 0 fully saturated rings. The van der Waals surface area contributed by atoms with Crippen molar-refractivity contribution in [3.05, 3.63) is 53.6 Å². The summed E-state index contributed by atoms with van der Waals surface area (Å²) in [5.41, 5.74) is 0.137. The number of ether oxygens (including phenoxy) is 1. The number of nitrogens with one attached hydrogen (secondary N) is 1. The Morgan fingerprint density at radius 1 is 1.40 bits per heavy atom. The van der Waals surface area contributed by atoms with E-state index in [9.17, 15) is 13.6 Å². The highest BCUT2D eigenvalue weighted by molar-refractivity contribution is 5.97. The van der Waals surface area contributed by atoms with Gasteiger partial charge in [0.25, 0.3) is 0 Å². The summed E-state index contributed by atoms with van der Waals surface area (Å²) in [4.78, 5) is 18.9. The number of aromatic nitrogens is 2. The first-order valence-corrected chi connectivity index (χ1v) is 6.13. The van der Waals surface area contributed by atoms with Crippen LogP contribution in [0.5, 0.6) is 0 Å². The van der Waals surface area contributed by atoms with Crippen LogP contribution < -0.4 is 0 Å². The van der Waals surface area contributed by atoms with Crippen molar-refractivity contribution in [2.45, 2.75) is 13.5 Å². The van der Waals surface area contributed by atoms with Crippen LogP contribution in [0.2, 0.25) is 0 Å². The Balaban J connectivity index is 1.89. The third-order valence-corrected chi connectivity index (χ3v) is 2.81. The third kappa shape index (κ3) is 3.48. The maximum Gasteiger partial charge on any atom is 0.168 e. The molecule has 0 amide bonds. The van der Waals surface area contributed by atoms with Gasteiger partial charge < -0.3 is 9.72 Å². The van der Waals surface area contributed by atoms with Gasteiger partial charge in [-0.05, 0) is 18.2 Å². The molecule has 0 saturated carbocycles. The zero-order chi connectivity index (χ0) is 14.5. The molecule has 1 N–H and O–H groups in total. The van der Waals surface area contributed by atoms with Gasteiger partial charge >= 0.3 is 0 Å². The van der Waals surface area contributed by atoms with Crippen molar-refractivity contribution in [2.75, 3.05) is 6.61 Å². The zero-order valence-electron chi connectivity index (χ0n) is 10.9. The van der Waals surface area contributed by atoms with Gasteiger partial charge in [0.1, 0.15) is 12.4 Å². The number of benzene rings is 1. The van der Waals surface area contributed by atoms with Crippen molar-refractivity contribution in [3.63, 3.8) is 0 Å². The van der Waals surface area contributed by atoms with Crippen molar-refractivity contribution >= 4 is 5.78 Å². The number of ketones is 1. The van der Waals surface area contributed by atoms with E-state index in [-0.39, 0.29) is 24.6 Å². The molecule has 0 aliphatic heterocycles. The van der Waals surface area contributed by atoms with Crippen LogP contribution in [0, 0.1) is 17.6 Å². The van der Waals surface area contributed by atoms with E-state index in [0.717, 1.165) is 12.1 Å². The van der Waals surface area contributed by atoms with Gasteiger partial charge in [-0.3, -0.25) is 4.79 Å². The van der Waals surface area contributed by atoms with E-state index in [0.29, 0.717) is 5.82 Å². The van der Waals surface area contributed by atoms with Crippen LogP contribution in [0.4, 0.5) is 8.78 Å². The van der Waals surface area contributed by atoms with Crippen LogP contribution in [0.15, 0.2) is 30.6 Å². The van der Waals surface area contributed by atoms with Crippen molar-refractivity contribution in [1.29, 1.82) is 0 Å². The van der Waals surface area contributed by atoms with Crippen LogP contribution in [0.1, 0.15) is 23.1 Å². The number of hydrogen-bond acceptors (Lipinski definition) is 3. The quantitative estimate of drug-likeness (QED) is 0.828. The van der Waals surface area contributed by atoms with Gasteiger partial charge in [0.15, 0.2) is 17.4 Å². The van der Waals surface area contributed by atoms with Gasteiger partial charge in [0.05, 0.1) is 6.61 Å². The number of H-pyrrole nitrogens is 1. The fourth-order valence-corrected chi connectivity index (χ4v) is 1.72. The summed E-state index contributed by atoms with van der Waals surface area (Å²) in [5, 5.41) is 0. The van der Waals surface area contributed by atoms with Crippen LogP contribution in [-0.2, 0) is 11.3 Å². The average Bonchev–Trinajstić information content (AvgIpc) is 2.94. The highest BCUT2D eigenvalue weighted by Crippen LogP contribution is 2.13. The molecule has 106 valence electrons. The lowest BCUT2D eigenvalue weighted by molar-refractivity contribution is 0.0670. The van der Waals surface area contributed by atoms with E-state index in [1.807, 2.05) is 0 Å². The first kappa shape index (κ1) is 14.3. The number of halogens is 2. The number of rotatable bonds is 6. The lowest BCUT2D eigenvalue weighted by Gasteiger charge is -2.10. The molecular weight excluding hydrogens is 266 g/mol. The minimum atomic E-state index is -1.03. The van der Waals surface area contributed by atoms with Gasteiger partial charge in [0.2, 0.25) is 0 Å². The summed E-state index contributed by atoms with van der Waals surface area (Å²) in [5.74, 6) is -2.07. The summed E-state index contributed by atoms with van der Waals surface area (Å²) < 4.78 is 31.2. The summed E-state index contributed by atoms with van der Waals surface area (Å²) in [6.45, 7) is 2.12. The molecule has 1 heterocycles. The van der Waals surface area contributed by atoms with Gasteiger partial charge in [-0.2, -0.15) is 0 Å². The zero-order valence-corrected chi connectivity index (χ0v) is 10.9. The molecule has 0 aliphatic carbocycles. The second kappa shape index (κ2) is 6.38. The fourth-order valence-electron chi connectivity index (χ4n) is 1.72. The number of Topliss-reactive ketones (excluding diaryl/α,β-unsaturated/α-hetero) is 1. The highest BCUT2D eigenvalue weighted by atomic mass is 19.2. The lowest BCUT2D eigenvalue weighted by atomic mass is 10.00. The van der Waals surface area contributed by atoms with Gasteiger partial charge in [0, 0.05) is 23.9 Å². The van der Waals surface area contributed by atoms with Crippen LogP contribution in [-0.4, -0.2) is 22.4 Å². The molecule has 4 nitrogen and oxygen atoms in total. The molecule has 0 bridgehead atoms. The summed E-state index contributed by atoms with van der Waals surface area (Å²) in [7, 11) is 0. The van der Waals surface area contributed by atoms with Crippen molar-refractivity contribution in [3.8, 4) is 0 Å². The minimum absolute atomic E-state index is 0.137. The molecule has 0 aliphatic rings. The lowest BCUT2D eigenvalue weighted by Crippen LogP contribution is -2.17. The van der Waals surface area contributed by atoms with E-state index < -0.39 is 17.6 Å². The second-order valence-corrected chi connectivity index (χ2v) is 4.45. The predicted octanol–water partition coefficient (Wildman–Crippen LogP) is 2.72. The molecule has 1 aromatic carbocycles. The molecule has 2 aromatic rings. The van der Waals surface area contributed by atoms with E-state index in [4.69, 9.17) is 4.74 Å². The Kier molecular flexibility index (Phi) is 4.57. The van der Waals surface area contributed by atoms with Gasteiger partial charge in [-0.25, -0.2) is 13.8 Å². The molecule has 0 unspecified atom stereocenters. The molecule has 0 spiro atoms. The van der Waals surface area contributed by atoms with Gasteiger partial charge in [-0.1, -0.05) is 6.92 Å². The molecule has 1 atom stereocenters. The summed E-state index contributed by atoms with van der Waals surface area (Å²) in [6, 6.07) is 3.11. The predicted molar refractivity (Wildman–Crippen MR) is 68.1 cm³/mol. The Labute approximate surface area is 114 Å². The number of carbonyl (C=O) groups is 1. The largest absolute Gasteiger partial charge is 0.373 e. The number of aromatic amines is 1. The number of imidazole rings is 1. The van der Waals surface area contributed by atoms with Crippen molar-refractivity contribution < 1.29 is 18.3 Å². The Hall–Kier alpha value is -2.08. The van der Waals surface area contributed by atoms with E-state index >= 15 is 0 Å². The molecule has 0 saturated heterocycles. The molecule has 0 radical (unpaired) electrons. The number of hydrogen-bond donors (Lipinski definition) is 1. The van der Waals surface area contributed by atoms with E-state index in [2.05, 4.69) is 9.97 Å². The molecule has 1 aromatic heterocycles. The average molecular weight is 280 g/mol. The Morgan fingerprint density at radius 2 is 2.20 bits per heavy atom. The summed E-state index contributed by atoms with van der Waals surface area (Å²) in [6.07, 6.45) is 3.28. The first-order chi connectivity index (χ1) is 9.58. The molecule has 20 heavy (non-hydrogen) atoms. The molecule has 6 heteroatoms. The standard InChI is InChI=1S/C14H14F2N2O2/c1-9(7-20-8-13-17-4-5-18-13)14(19)10-2-3-11(15)12(16)6-10/h2-6,9H,7-8H2,1H3,(H,17,18)/t9-/m0/s1. The number of nitrogens with zero attached hydrogens (tertiary/aromatic N) is 1. The fraction of sp³-hybridized carbons (Fsp3) is 0.286. The van der Waals surface area contributed by atoms with Crippen LogP contribution in [0.3, 0.4) is 0 Å². The van der Waals surface area contributed by atoms with Crippen LogP contribution in [0.25, 0.3) is 0 Å². The normalized spacial score (nSPS) is 12.3. The maximum absolute atomic E-state index is 13.1. The van der Waals surface area contributed by atoms with Crippen molar-refractivity contribution in [2.24, 2.45) is 5.92 Å². The molecular formula is C14H14F2N2O2. The first-order valence-electron chi connectivity index (χ1n) is 6.13. The maximum atomic E-state index is 13.1. The van der Waals surface area contributed by atoms with Crippen molar-refractivity contribution in [1.82, 2.24) is 9.97 Å². The smallest absolute Gasteiger partial charge is 0.168 e. The topological polar surface area (TPSA) is 55.0 Å². The second-order valence-electron chi connectivity index (χ2n) is 4.45. The number of carbonyl (C=O) groups excluding carboxylic acids is 1. The SMILES string of the molecule is C[C@@H](COCc1ncc[nH]1)C(=O)c1ccc(F)c(F)c1. The minimum Gasteiger partial charge on any atom is -0.373 e. The summed E-state index contributed by atoms with van der Waals surface area (Å²) >= 11 is 0. The Bertz CT molecular complexity index is 585. The van der Waals surface area contributed by atoms with Gasteiger partial charge in [-0.15, -0.1) is 0 Å². The van der Waals surface area contributed by atoms with Crippen LogP contribution >= 0.6 is 0 Å². The monoisotopic (exact) mass is 280 g/mol. The highest BCUT2D eigenvalue weighted by Gasteiger charge is 2.17. The molecule has 2 rings (SSSR count).